The summed E-state index contributed by atoms with van der Waals surface area (Å²) in [6.07, 6.45) is 6.31. The molecule has 1 aromatic carbocycles. The molecule has 0 bridgehead atoms. The van der Waals surface area contributed by atoms with E-state index in [4.69, 9.17) is 28.9 Å². The first kappa shape index (κ1) is 14.2. The predicted molar refractivity (Wildman–Crippen MR) is 79.1 cm³/mol. The molecule has 1 aliphatic rings. The predicted octanol–water partition coefficient (Wildman–Crippen LogP) is 5.21. The van der Waals surface area contributed by atoms with Crippen molar-refractivity contribution in [2.24, 2.45) is 17.6 Å². The van der Waals surface area contributed by atoms with E-state index in [1.165, 1.54) is 32.1 Å². The summed E-state index contributed by atoms with van der Waals surface area (Å²) in [5.74, 6) is 1.44. The highest BCUT2D eigenvalue weighted by atomic mass is 35.5. The van der Waals surface area contributed by atoms with Gasteiger partial charge in [-0.2, -0.15) is 0 Å². The summed E-state index contributed by atoms with van der Waals surface area (Å²) in [4.78, 5) is 0. The summed E-state index contributed by atoms with van der Waals surface area (Å²) in [6, 6.07) is 5.77. The second-order valence-corrected chi connectivity index (χ2v) is 6.14. The minimum Gasteiger partial charge on any atom is -0.324 e. The minimum absolute atomic E-state index is 0.0222. The van der Waals surface area contributed by atoms with Gasteiger partial charge in [-0.1, -0.05) is 61.5 Å². The van der Waals surface area contributed by atoms with Crippen LogP contribution in [0.2, 0.25) is 10.0 Å². The Hall–Kier alpha value is -0.240. The van der Waals surface area contributed by atoms with Gasteiger partial charge in [-0.15, -0.1) is 0 Å². The molecule has 18 heavy (non-hydrogen) atoms. The van der Waals surface area contributed by atoms with Crippen LogP contribution < -0.4 is 5.73 Å². The second kappa shape index (κ2) is 6.27. The van der Waals surface area contributed by atoms with Crippen molar-refractivity contribution in [1.82, 2.24) is 0 Å². The molecule has 0 radical (unpaired) electrons. The molecule has 0 saturated heterocycles. The summed E-state index contributed by atoms with van der Waals surface area (Å²) in [5, 5.41) is 1.23. The van der Waals surface area contributed by atoms with Crippen LogP contribution in [0.1, 0.15) is 50.6 Å². The van der Waals surface area contributed by atoms with Gasteiger partial charge in [-0.25, -0.2) is 0 Å². The Morgan fingerprint density at radius 3 is 2.50 bits per heavy atom. The first-order valence-electron chi connectivity index (χ1n) is 6.83. The zero-order valence-corrected chi connectivity index (χ0v) is 12.3. The molecule has 1 atom stereocenters. The molecule has 1 unspecified atom stereocenters. The Balaban J connectivity index is 2.08. The maximum atomic E-state index is 6.38. The lowest BCUT2D eigenvalue weighted by Crippen LogP contribution is -2.26. The molecule has 0 aliphatic heterocycles. The third-order valence-electron chi connectivity index (χ3n) is 4.32. The lowest BCUT2D eigenvalue weighted by Gasteiger charge is -2.32. The van der Waals surface area contributed by atoms with Crippen LogP contribution in [-0.2, 0) is 0 Å². The van der Waals surface area contributed by atoms with Gasteiger partial charge in [0.25, 0.3) is 0 Å². The van der Waals surface area contributed by atoms with Crippen molar-refractivity contribution in [1.29, 1.82) is 0 Å². The Bertz CT molecular complexity index is 397. The Kier molecular flexibility index (Phi) is 4.94. The standard InChI is InChI=1S/C15H21Cl2N/c1-2-10-6-8-11(9-7-10)15(18)12-4-3-5-13(16)14(12)17/h3-5,10-11,15H,2,6-9,18H2,1H3. The van der Waals surface area contributed by atoms with Crippen LogP contribution in [0.5, 0.6) is 0 Å². The van der Waals surface area contributed by atoms with E-state index in [0.29, 0.717) is 16.0 Å². The molecular weight excluding hydrogens is 265 g/mol. The summed E-state index contributed by atoms with van der Waals surface area (Å²) in [7, 11) is 0. The summed E-state index contributed by atoms with van der Waals surface area (Å²) in [5.41, 5.74) is 7.39. The molecule has 0 amide bonds. The van der Waals surface area contributed by atoms with Gasteiger partial charge in [0.05, 0.1) is 10.0 Å². The Morgan fingerprint density at radius 2 is 1.89 bits per heavy atom. The third kappa shape index (κ3) is 3.01. The van der Waals surface area contributed by atoms with Crippen LogP contribution in [0.3, 0.4) is 0 Å². The number of hydrogen-bond donors (Lipinski definition) is 1. The summed E-state index contributed by atoms with van der Waals surface area (Å²) in [6.45, 7) is 2.28. The average molecular weight is 286 g/mol. The van der Waals surface area contributed by atoms with Crippen LogP contribution in [0, 0.1) is 11.8 Å². The smallest absolute Gasteiger partial charge is 0.0640 e. The van der Waals surface area contributed by atoms with Crippen molar-refractivity contribution in [3.05, 3.63) is 33.8 Å². The fourth-order valence-electron chi connectivity index (χ4n) is 2.99. The lowest BCUT2D eigenvalue weighted by atomic mass is 9.76. The molecule has 0 spiro atoms. The molecule has 2 N–H and O–H groups in total. The molecule has 0 heterocycles. The van der Waals surface area contributed by atoms with Gasteiger partial charge in [0.2, 0.25) is 0 Å². The number of halogens is 2. The van der Waals surface area contributed by atoms with E-state index in [1.807, 2.05) is 18.2 Å². The van der Waals surface area contributed by atoms with E-state index in [1.54, 1.807) is 0 Å². The van der Waals surface area contributed by atoms with E-state index < -0.39 is 0 Å². The van der Waals surface area contributed by atoms with Gasteiger partial charge in [0.15, 0.2) is 0 Å². The van der Waals surface area contributed by atoms with Crippen molar-refractivity contribution < 1.29 is 0 Å². The van der Waals surface area contributed by atoms with Gasteiger partial charge in [0, 0.05) is 6.04 Å². The number of hydrogen-bond acceptors (Lipinski definition) is 1. The molecule has 2 rings (SSSR count). The first-order valence-corrected chi connectivity index (χ1v) is 7.58. The van der Waals surface area contributed by atoms with Crippen molar-refractivity contribution >= 4 is 23.2 Å². The van der Waals surface area contributed by atoms with E-state index in [9.17, 15) is 0 Å². The van der Waals surface area contributed by atoms with Crippen LogP contribution >= 0.6 is 23.2 Å². The van der Waals surface area contributed by atoms with E-state index in [2.05, 4.69) is 6.92 Å². The number of nitrogens with two attached hydrogens (primary N) is 1. The van der Waals surface area contributed by atoms with Crippen LogP contribution in [0.15, 0.2) is 18.2 Å². The quantitative estimate of drug-likeness (QED) is 0.811. The summed E-state index contributed by atoms with van der Waals surface area (Å²) < 4.78 is 0. The van der Waals surface area contributed by atoms with Gasteiger partial charge < -0.3 is 5.73 Å². The van der Waals surface area contributed by atoms with Gasteiger partial charge in [-0.05, 0) is 36.3 Å². The fourth-order valence-corrected chi connectivity index (χ4v) is 3.42. The van der Waals surface area contributed by atoms with Crippen LogP contribution in [0.4, 0.5) is 0 Å². The van der Waals surface area contributed by atoms with Crippen molar-refractivity contribution in [3.63, 3.8) is 0 Å². The maximum absolute atomic E-state index is 6.38. The fraction of sp³-hybridized carbons (Fsp3) is 0.600. The van der Waals surface area contributed by atoms with Crippen molar-refractivity contribution in [2.45, 2.75) is 45.1 Å². The molecule has 0 aromatic heterocycles. The SMILES string of the molecule is CCC1CCC(C(N)c2cccc(Cl)c2Cl)CC1. The van der Waals surface area contributed by atoms with Crippen LogP contribution in [-0.4, -0.2) is 0 Å². The van der Waals surface area contributed by atoms with E-state index >= 15 is 0 Å². The minimum atomic E-state index is 0.0222. The lowest BCUT2D eigenvalue weighted by molar-refractivity contribution is 0.240. The van der Waals surface area contributed by atoms with Gasteiger partial charge >= 0.3 is 0 Å². The zero-order chi connectivity index (χ0) is 13.1. The molecule has 1 saturated carbocycles. The maximum Gasteiger partial charge on any atom is 0.0640 e. The molecular formula is C15H21Cl2N. The third-order valence-corrected chi connectivity index (χ3v) is 5.15. The highest BCUT2D eigenvalue weighted by Crippen LogP contribution is 2.39. The highest BCUT2D eigenvalue weighted by Gasteiger charge is 2.27. The average Bonchev–Trinajstić information content (AvgIpc) is 2.41. The summed E-state index contributed by atoms with van der Waals surface area (Å²) >= 11 is 12.3. The monoisotopic (exact) mass is 285 g/mol. The van der Waals surface area contributed by atoms with Gasteiger partial charge in [-0.3, -0.25) is 0 Å². The normalized spacial score (nSPS) is 26.0. The van der Waals surface area contributed by atoms with Crippen LogP contribution in [0.25, 0.3) is 0 Å². The molecule has 1 aromatic rings. The number of benzene rings is 1. The van der Waals surface area contributed by atoms with E-state index in [-0.39, 0.29) is 6.04 Å². The second-order valence-electron chi connectivity index (χ2n) is 5.36. The Labute approximate surface area is 120 Å². The first-order chi connectivity index (χ1) is 8.63. The van der Waals surface area contributed by atoms with Gasteiger partial charge in [0.1, 0.15) is 0 Å². The Morgan fingerprint density at radius 1 is 1.22 bits per heavy atom. The molecule has 1 nitrogen and oxygen atoms in total. The molecule has 3 heteroatoms. The largest absolute Gasteiger partial charge is 0.324 e. The number of rotatable bonds is 3. The molecule has 1 aliphatic carbocycles. The molecule has 100 valence electrons. The topological polar surface area (TPSA) is 26.0 Å². The van der Waals surface area contributed by atoms with Crippen molar-refractivity contribution in [3.8, 4) is 0 Å². The van der Waals surface area contributed by atoms with E-state index in [0.717, 1.165) is 11.5 Å². The van der Waals surface area contributed by atoms with Crippen molar-refractivity contribution in [2.75, 3.05) is 0 Å². The molecule has 1 fully saturated rings. The zero-order valence-electron chi connectivity index (χ0n) is 10.8. The highest BCUT2D eigenvalue weighted by molar-refractivity contribution is 6.42.